The highest BCUT2D eigenvalue weighted by Crippen LogP contribution is 2.20. The number of unbranched alkanes of at least 4 members (excludes halogenated alkanes) is 2. The second-order valence-corrected chi connectivity index (χ2v) is 32.9. The Morgan fingerprint density at radius 1 is 0.386 bits per heavy atom. The smallest absolute Gasteiger partial charge is 0.246 e. The molecule has 19 amide bonds. The van der Waals surface area contributed by atoms with Crippen LogP contribution in [-0.2, 0) is 104 Å². The van der Waals surface area contributed by atoms with E-state index in [9.17, 15) is 101 Å². The molecule has 49 heteroatoms. The lowest BCUT2D eigenvalue weighted by Crippen LogP contribution is -2.63. The van der Waals surface area contributed by atoms with E-state index in [0.717, 1.165) is 12.5 Å². The fourth-order valence-corrected chi connectivity index (χ4v) is 13.1. The minimum Gasteiger partial charge on any atom is -0.394 e. The van der Waals surface area contributed by atoms with Gasteiger partial charge in [-0.25, -0.2) is 0 Å². The molecule has 0 aliphatic carbocycles. The number of carbonyl (C=O) groups excluding carboxylic acids is 19. The van der Waals surface area contributed by atoms with E-state index in [1.54, 1.807) is 88.4 Å². The average molecular weight is 1860 g/mol. The molecule has 0 heterocycles. The first-order valence-electron chi connectivity index (χ1n) is 43.5. The largest absolute Gasteiger partial charge is 0.394 e. The van der Waals surface area contributed by atoms with E-state index in [1.807, 2.05) is 0 Å². The second kappa shape index (κ2) is 60.6. The standard InChI is InChI=1S/C83H138N28O21/c1-44(2)35-57(75(127)99-47(6)69(121)106-59(38-62(88)115)76(128)102-52(67(89)119)29-30-61(87)114)107-72(124)53(25-15-17-31-84)104-71(123)55(27-19-33-94-81(90)91)103-68(120)46(5)100-78(130)60(43-112)108-73(125)54(26-16-18-32-85)105-74(126)56(28-20-34-95-82(92)93)109-80(132)83(8,39-45(3)4)111-65(118)42-98-79(131)66(48(7)113)110-77(129)58(37-50-23-13-10-14-24-50)101-64(117)41-96-63(116)40-97-70(122)51(86)36-49-21-11-9-12-22-49/h9-14,21-24,44-48,51-60,66,112-113H,15-20,25-43,84-86H2,1-8H3,(H2,87,114)(H2,88,115)(H2,89,119)(H,96,116)(H,97,122)(H,98,131)(H,99,127)(H,100,130)(H,101,117)(H,102,128)(H,103,120)(H,104,123)(H,105,126)(H,106,121)(H,107,124)(H,108,125)(H,109,132)(H,110,129)(H,111,118)(H4,90,91,94)(H4,92,93,95)/t46-,47-,48-,51-,52-,53-,54-,55-,56-,57-,58-,59-,60-,66-,83?/m0/s1. The summed E-state index contributed by atoms with van der Waals surface area (Å²) in [7, 11) is 0. The molecule has 2 rings (SSSR count). The number of carbonyl (C=O) groups is 19. The summed E-state index contributed by atoms with van der Waals surface area (Å²) in [6.07, 6.45) is -2.86. The van der Waals surface area contributed by atoms with Gasteiger partial charge in [-0.1, -0.05) is 88.4 Å². The molecular weight excluding hydrogens is 1730 g/mol. The number of amides is 19. The Balaban J connectivity index is 2.40. The maximum absolute atomic E-state index is 14.7. The number of hydrogen-bond donors (Lipinski definition) is 30. The van der Waals surface area contributed by atoms with Crippen molar-refractivity contribution in [3.05, 3.63) is 71.8 Å². The van der Waals surface area contributed by atoms with Crippen molar-refractivity contribution < 1.29 is 101 Å². The van der Waals surface area contributed by atoms with Crippen LogP contribution in [-0.4, -0.2) is 277 Å². The van der Waals surface area contributed by atoms with E-state index in [1.165, 1.54) is 20.8 Å². The van der Waals surface area contributed by atoms with Gasteiger partial charge in [-0.3, -0.25) is 102 Å². The van der Waals surface area contributed by atoms with E-state index in [-0.39, 0.29) is 128 Å². The Morgan fingerprint density at radius 2 is 0.788 bits per heavy atom. The van der Waals surface area contributed by atoms with Gasteiger partial charge in [0.25, 0.3) is 0 Å². The van der Waals surface area contributed by atoms with E-state index < -0.39 is 247 Å². The summed E-state index contributed by atoms with van der Waals surface area (Å²) in [6, 6.07) is -2.54. The number of nitrogens with two attached hydrogens (primary N) is 8. The zero-order chi connectivity index (χ0) is 99.5. The van der Waals surface area contributed by atoms with E-state index >= 15 is 0 Å². The molecule has 736 valence electrons. The maximum atomic E-state index is 14.7. The van der Waals surface area contributed by atoms with Crippen molar-refractivity contribution in [3.63, 3.8) is 0 Å². The molecule has 0 spiro atoms. The highest BCUT2D eigenvalue weighted by atomic mass is 16.3. The minimum atomic E-state index is -1.90. The van der Waals surface area contributed by atoms with Gasteiger partial charge in [0.15, 0.2) is 11.9 Å². The summed E-state index contributed by atoms with van der Waals surface area (Å²) in [5, 5.41) is 81.3. The Bertz CT molecular complexity index is 4210. The van der Waals surface area contributed by atoms with Gasteiger partial charge in [0.05, 0.1) is 44.8 Å². The molecule has 0 radical (unpaired) electrons. The highest BCUT2D eigenvalue weighted by molar-refractivity contribution is 6.02. The van der Waals surface area contributed by atoms with Gasteiger partial charge in [0.1, 0.15) is 78.0 Å². The molecular formula is C83H138N28O21. The fourth-order valence-electron chi connectivity index (χ4n) is 13.1. The third kappa shape index (κ3) is 45.8. The van der Waals surface area contributed by atoms with Gasteiger partial charge < -0.3 is 152 Å². The van der Waals surface area contributed by atoms with Crippen LogP contribution in [0.1, 0.15) is 163 Å². The van der Waals surface area contributed by atoms with Crippen LogP contribution in [0.3, 0.4) is 0 Å². The highest BCUT2D eigenvalue weighted by Gasteiger charge is 2.41. The predicted octanol–water partition coefficient (Wildman–Crippen LogP) is -10.2. The van der Waals surface area contributed by atoms with Crippen LogP contribution in [0, 0.1) is 22.7 Å². The fraction of sp³-hybridized carbons (Fsp3) is 0.602. The topological polar surface area (TPSA) is 837 Å². The number of nitrogens with one attached hydrogen (secondary N) is 20. The molecule has 38 N–H and O–H groups in total. The van der Waals surface area contributed by atoms with Crippen LogP contribution in [0.2, 0.25) is 0 Å². The van der Waals surface area contributed by atoms with Crippen LogP contribution in [0.4, 0.5) is 0 Å². The van der Waals surface area contributed by atoms with Crippen molar-refractivity contribution in [3.8, 4) is 0 Å². The van der Waals surface area contributed by atoms with Gasteiger partial charge in [-0.15, -0.1) is 0 Å². The number of hydrogen-bond acceptors (Lipinski definition) is 26. The molecule has 132 heavy (non-hydrogen) atoms. The van der Waals surface area contributed by atoms with Crippen LogP contribution in [0.15, 0.2) is 60.7 Å². The summed E-state index contributed by atoms with van der Waals surface area (Å²) < 4.78 is 0. The summed E-state index contributed by atoms with van der Waals surface area (Å²) in [5.74, 6) is -20.0. The molecule has 1 unspecified atom stereocenters. The molecule has 0 aliphatic rings. The Kier molecular flexibility index (Phi) is 52.7. The van der Waals surface area contributed by atoms with Gasteiger partial charge in [0.2, 0.25) is 112 Å². The molecule has 0 fully saturated rings. The third-order valence-electron chi connectivity index (χ3n) is 20.1. The first-order valence-corrected chi connectivity index (χ1v) is 43.5. The number of rotatable bonds is 64. The predicted molar refractivity (Wildman–Crippen MR) is 482 cm³/mol. The zero-order valence-corrected chi connectivity index (χ0v) is 76.0. The number of aliphatic hydroxyl groups excluding tert-OH is 2. The summed E-state index contributed by atoms with van der Waals surface area (Å²) in [5.41, 5.74) is 44.0. The molecule has 0 saturated heterocycles. The van der Waals surface area contributed by atoms with E-state index in [4.69, 9.17) is 56.7 Å². The van der Waals surface area contributed by atoms with Crippen molar-refractivity contribution in [1.29, 1.82) is 10.8 Å². The zero-order valence-electron chi connectivity index (χ0n) is 76.0. The van der Waals surface area contributed by atoms with Gasteiger partial charge in [0, 0.05) is 25.9 Å². The number of primary amides is 3. The molecule has 2 aromatic carbocycles. The van der Waals surface area contributed by atoms with Gasteiger partial charge >= 0.3 is 0 Å². The number of aliphatic hydroxyl groups is 2. The lowest BCUT2D eigenvalue weighted by molar-refractivity contribution is -0.138. The summed E-state index contributed by atoms with van der Waals surface area (Å²) >= 11 is 0. The monoisotopic (exact) mass is 1860 g/mol. The number of benzene rings is 2. The first kappa shape index (κ1) is 115. The van der Waals surface area contributed by atoms with Crippen LogP contribution >= 0.6 is 0 Å². The summed E-state index contributed by atoms with van der Waals surface area (Å²) in [6.45, 7) is 8.76. The molecule has 0 aliphatic heterocycles. The van der Waals surface area contributed by atoms with Crippen LogP contribution in [0.5, 0.6) is 0 Å². The molecule has 15 atom stereocenters. The SMILES string of the molecule is CC(C)C[C@H](NC(=O)[C@H](CCCCN)NC(=O)[C@H](CCCNC(=N)N)NC(=O)[C@H](C)NC(=O)[C@H](CO)NC(=O)[C@H](CCCCN)NC(=O)[C@H](CCCNC(=N)N)NC(=O)C(C)(CC(C)C)NC(=O)CNC(=O)[C@@H](NC(=O)[C@H](Cc1ccccc1)NC(=O)CNC(=O)CNC(=O)[C@@H](N)Cc1ccccc1)[C@H](C)O)C(=O)N[C@@H](C)C(=O)N[C@@H](CC(N)=O)C(=O)N[C@@H](CCC(N)=O)C(N)=O. The van der Waals surface area contributed by atoms with Gasteiger partial charge in [-0.05, 0) is 154 Å². The van der Waals surface area contributed by atoms with Crippen molar-refractivity contribution in [2.45, 2.75) is 255 Å². The van der Waals surface area contributed by atoms with Crippen molar-refractivity contribution >= 4 is 124 Å². The second-order valence-electron chi connectivity index (χ2n) is 32.9. The Labute approximate surface area is 765 Å². The molecule has 2 aromatic rings. The van der Waals surface area contributed by atoms with Crippen LogP contribution < -0.4 is 142 Å². The quantitative estimate of drug-likeness (QED) is 0.0166. The normalized spacial score (nSPS) is 14.7. The van der Waals surface area contributed by atoms with E-state index in [2.05, 4.69) is 95.7 Å². The number of guanidine groups is 2. The lowest BCUT2D eigenvalue weighted by Gasteiger charge is -2.33. The Hall–Kier alpha value is -13.3. The summed E-state index contributed by atoms with van der Waals surface area (Å²) in [4.78, 5) is 258. The Morgan fingerprint density at radius 3 is 1.23 bits per heavy atom. The van der Waals surface area contributed by atoms with Crippen molar-refractivity contribution in [2.24, 2.45) is 57.7 Å². The van der Waals surface area contributed by atoms with E-state index in [0.29, 0.717) is 18.4 Å². The van der Waals surface area contributed by atoms with Crippen molar-refractivity contribution in [2.75, 3.05) is 52.4 Å². The minimum absolute atomic E-state index is 0.0138. The molecule has 0 aromatic heterocycles. The lowest BCUT2D eigenvalue weighted by atomic mass is 9.89. The molecule has 49 nitrogen and oxygen atoms in total. The first-order chi connectivity index (χ1) is 62.1. The molecule has 0 saturated carbocycles. The van der Waals surface area contributed by atoms with Crippen molar-refractivity contribution in [1.82, 2.24) is 95.7 Å². The maximum Gasteiger partial charge on any atom is 0.246 e. The van der Waals surface area contributed by atoms with Gasteiger partial charge in [-0.2, -0.15) is 0 Å². The average Bonchev–Trinajstić information content (AvgIpc) is 0.819. The third-order valence-corrected chi connectivity index (χ3v) is 20.1. The molecule has 0 bridgehead atoms. The van der Waals surface area contributed by atoms with Crippen LogP contribution in [0.25, 0.3) is 0 Å².